The minimum absolute atomic E-state index is 0.00323. The van der Waals surface area contributed by atoms with Crippen LogP contribution in [0.1, 0.15) is 31.2 Å². The van der Waals surface area contributed by atoms with Crippen molar-refractivity contribution in [2.45, 2.75) is 47.6 Å². The molecule has 0 radical (unpaired) electrons. The first kappa shape index (κ1) is 17.5. The van der Waals surface area contributed by atoms with Gasteiger partial charge in [-0.15, -0.1) is 0 Å². The van der Waals surface area contributed by atoms with E-state index >= 15 is 0 Å². The smallest absolute Gasteiger partial charge is 0.206 e. The van der Waals surface area contributed by atoms with Gasteiger partial charge in [0.25, 0.3) is 0 Å². The van der Waals surface area contributed by atoms with Gasteiger partial charge in [0.1, 0.15) is 5.82 Å². The van der Waals surface area contributed by atoms with Crippen molar-refractivity contribution >= 4 is 15.5 Å². The molecule has 4 nitrogen and oxygen atoms in total. The SMILES string of the molecule is CC1CC2[C@H](CCN1)c1cc(S(=O)(=O)c3cccc(F)c3)ccc1N2C. The molecule has 4 rings (SSSR count). The van der Waals surface area contributed by atoms with Crippen molar-refractivity contribution in [3.63, 3.8) is 0 Å². The average Bonchev–Trinajstić information content (AvgIpc) is 2.76. The summed E-state index contributed by atoms with van der Waals surface area (Å²) >= 11 is 0. The Morgan fingerprint density at radius 3 is 2.69 bits per heavy atom. The van der Waals surface area contributed by atoms with Gasteiger partial charge < -0.3 is 10.2 Å². The largest absolute Gasteiger partial charge is 0.371 e. The molecule has 1 saturated heterocycles. The highest BCUT2D eigenvalue weighted by molar-refractivity contribution is 7.91. The maximum Gasteiger partial charge on any atom is 0.206 e. The molecule has 2 aromatic carbocycles. The first-order chi connectivity index (χ1) is 12.4. The number of anilines is 1. The zero-order valence-corrected chi connectivity index (χ0v) is 15.8. The van der Waals surface area contributed by atoms with E-state index in [0.29, 0.717) is 18.0 Å². The number of hydrogen-bond donors (Lipinski definition) is 1. The van der Waals surface area contributed by atoms with Crippen molar-refractivity contribution in [1.29, 1.82) is 0 Å². The number of halogens is 1. The molecule has 0 aromatic heterocycles. The number of fused-ring (bicyclic) bond motifs is 3. The molecule has 2 heterocycles. The van der Waals surface area contributed by atoms with Crippen LogP contribution in [0.15, 0.2) is 52.3 Å². The minimum Gasteiger partial charge on any atom is -0.371 e. The first-order valence-corrected chi connectivity index (χ1v) is 10.5. The summed E-state index contributed by atoms with van der Waals surface area (Å²) in [6.45, 7) is 3.12. The van der Waals surface area contributed by atoms with Gasteiger partial charge in [-0.3, -0.25) is 0 Å². The number of sulfone groups is 1. The molecule has 1 fully saturated rings. The van der Waals surface area contributed by atoms with Crippen molar-refractivity contribution < 1.29 is 12.8 Å². The molecule has 2 aromatic rings. The topological polar surface area (TPSA) is 49.4 Å². The number of rotatable bonds is 2. The van der Waals surface area contributed by atoms with E-state index in [1.54, 1.807) is 12.1 Å². The number of nitrogens with one attached hydrogen (secondary N) is 1. The summed E-state index contributed by atoms with van der Waals surface area (Å²) in [7, 11) is -1.65. The molecule has 2 aliphatic heterocycles. The van der Waals surface area contributed by atoms with E-state index in [1.807, 2.05) is 6.07 Å². The fraction of sp³-hybridized carbons (Fsp3) is 0.400. The van der Waals surface area contributed by atoms with Gasteiger partial charge in [0.2, 0.25) is 9.84 Å². The molecule has 2 aliphatic rings. The van der Waals surface area contributed by atoms with Crippen LogP contribution in [0.25, 0.3) is 0 Å². The zero-order valence-electron chi connectivity index (χ0n) is 14.9. The van der Waals surface area contributed by atoms with Crippen molar-refractivity contribution in [3.8, 4) is 0 Å². The lowest BCUT2D eigenvalue weighted by molar-refractivity contribution is 0.487. The predicted octanol–water partition coefficient (Wildman–Crippen LogP) is 3.33. The minimum atomic E-state index is -3.73. The molecule has 1 N–H and O–H groups in total. The lowest BCUT2D eigenvalue weighted by atomic mass is 9.90. The fourth-order valence-electron chi connectivity index (χ4n) is 4.35. The zero-order chi connectivity index (χ0) is 18.5. The van der Waals surface area contributed by atoms with E-state index in [0.717, 1.165) is 36.7 Å². The molecular formula is C20H23FN2O2S. The van der Waals surface area contributed by atoms with Gasteiger partial charge in [0.05, 0.1) is 9.79 Å². The molecule has 6 heteroatoms. The molecule has 3 atom stereocenters. The van der Waals surface area contributed by atoms with Crippen LogP contribution >= 0.6 is 0 Å². The maximum absolute atomic E-state index is 13.5. The summed E-state index contributed by atoms with van der Waals surface area (Å²) in [4.78, 5) is 2.51. The molecule has 138 valence electrons. The third kappa shape index (κ3) is 2.81. The monoisotopic (exact) mass is 374 g/mol. The summed E-state index contributed by atoms with van der Waals surface area (Å²) < 4.78 is 39.4. The second-order valence-corrected chi connectivity index (χ2v) is 9.30. The van der Waals surface area contributed by atoms with Crippen LogP contribution in [-0.2, 0) is 9.84 Å². The number of likely N-dealkylation sites (N-methyl/N-ethyl adjacent to an activating group) is 1. The van der Waals surface area contributed by atoms with Crippen molar-refractivity contribution in [3.05, 3.63) is 53.8 Å². The van der Waals surface area contributed by atoms with Crippen LogP contribution in [0.3, 0.4) is 0 Å². The summed E-state index contributed by atoms with van der Waals surface area (Å²) in [6.07, 6.45) is 2.01. The van der Waals surface area contributed by atoms with E-state index in [9.17, 15) is 12.8 Å². The molecule has 0 spiro atoms. The van der Waals surface area contributed by atoms with Crippen molar-refractivity contribution in [2.75, 3.05) is 18.5 Å². The quantitative estimate of drug-likeness (QED) is 0.876. The predicted molar refractivity (Wildman–Crippen MR) is 99.9 cm³/mol. The van der Waals surface area contributed by atoms with Crippen molar-refractivity contribution in [1.82, 2.24) is 5.32 Å². The average molecular weight is 374 g/mol. The van der Waals surface area contributed by atoms with Gasteiger partial charge in [0.15, 0.2) is 0 Å². The van der Waals surface area contributed by atoms with Crippen molar-refractivity contribution in [2.24, 2.45) is 0 Å². The summed E-state index contributed by atoms with van der Waals surface area (Å²) in [5.41, 5.74) is 2.19. The molecule has 26 heavy (non-hydrogen) atoms. The van der Waals surface area contributed by atoms with Gasteiger partial charge in [-0.05, 0) is 68.3 Å². The molecule has 0 saturated carbocycles. The molecule has 2 unspecified atom stereocenters. The third-order valence-electron chi connectivity index (χ3n) is 5.70. The second-order valence-electron chi connectivity index (χ2n) is 7.35. The molecule has 0 amide bonds. The summed E-state index contributed by atoms with van der Waals surface area (Å²) in [5, 5.41) is 3.51. The van der Waals surface area contributed by atoms with Gasteiger partial charge in [-0.25, -0.2) is 12.8 Å². The Kier molecular flexibility index (Phi) is 4.28. The van der Waals surface area contributed by atoms with Crippen LogP contribution in [-0.4, -0.2) is 34.1 Å². The van der Waals surface area contributed by atoms with E-state index < -0.39 is 15.7 Å². The number of nitrogens with zero attached hydrogens (tertiary/aromatic N) is 1. The number of benzene rings is 2. The van der Waals surface area contributed by atoms with Gasteiger partial charge in [-0.2, -0.15) is 0 Å². The molecular weight excluding hydrogens is 351 g/mol. The highest BCUT2D eigenvalue weighted by Gasteiger charge is 2.39. The normalized spacial score (nSPS) is 25.5. The fourth-order valence-corrected chi connectivity index (χ4v) is 5.67. The maximum atomic E-state index is 13.5. The van der Waals surface area contributed by atoms with Gasteiger partial charge in [0, 0.05) is 30.7 Å². The Bertz CT molecular complexity index is 945. The lowest BCUT2D eigenvalue weighted by Crippen LogP contribution is -2.34. The third-order valence-corrected chi connectivity index (χ3v) is 7.45. The van der Waals surface area contributed by atoms with E-state index in [2.05, 4.69) is 24.2 Å². The Balaban J connectivity index is 1.77. The molecule has 0 aliphatic carbocycles. The first-order valence-electron chi connectivity index (χ1n) is 8.99. The Hall–Kier alpha value is -1.92. The van der Waals surface area contributed by atoms with Gasteiger partial charge >= 0.3 is 0 Å². The van der Waals surface area contributed by atoms with E-state index in [-0.39, 0.29) is 9.79 Å². The number of hydrogen-bond acceptors (Lipinski definition) is 4. The molecule has 0 bridgehead atoms. The summed E-state index contributed by atoms with van der Waals surface area (Å²) in [6, 6.07) is 11.4. The summed E-state index contributed by atoms with van der Waals surface area (Å²) in [5.74, 6) is -0.231. The Morgan fingerprint density at radius 1 is 1.15 bits per heavy atom. The van der Waals surface area contributed by atoms with E-state index in [1.165, 1.54) is 18.2 Å². The standard InChI is InChI=1S/C20H23FN2O2S/c1-13-10-20-17(8-9-22-13)18-12-16(6-7-19(18)23(20)2)26(24,25)15-5-3-4-14(21)11-15/h3-7,11-13,17,20,22H,8-10H2,1-2H3/t13?,17-,20?/m1/s1. The van der Waals surface area contributed by atoms with Gasteiger partial charge in [-0.1, -0.05) is 6.07 Å². The Labute approximate surface area is 153 Å². The van der Waals surface area contributed by atoms with Crippen LogP contribution in [0.2, 0.25) is 0 Å². The van der Waals surface area contributed by atoms with Crippen LogP contribution in [0, 0.1) is 5.82 Å². The second kappa shape index (κ2) is 6.35. The highest BCUT2D eigenvalue weighted by Crippen LogP contribution is 2.45. The Morgan fingerprint density at radius 2 is 1.92 bits per heavy atom. The lowest BCUT2D eigenvalue weighted by Gasteiger charge is -2.26. The van der Waals surface area contributed by atoms with Crippen LogP contribution < -0.4 is 10.2 Å². The highest BCUT2D eigenvalue weighted by atomic mass is 32.2. The van der Waals surface area contributed by atoms with E-state index in [4.69, 9.17) is 0 Å². The van der Waals surface area contributed by atoms with Crippen LogP contribution in [0.4, 0.5) is 10.1 Å². The van der Waals surface area contributed by atoms with Crippen LogP contribution in [0.5, 0.6) is 0 Å².